The molecular formula is C31H20N4O3. The van der Waals surface area contributed by atoms with E-state index in [1.54, 1.807) is 48.5 Å². The second kappa shape index (κ2) is 9.19. The van der Waals surface area contributed by atoms with E-state index < -0.39 is 5.56 Å². The fourth-order valence-corrected chi connectivity index (χ4v) is 4.52. The van der Waals surface area contributed by atoms with Crippen molar-refractivity contribution in [2.24, 2.45) is 0 Å². The summed E-state index contributed by atoms with van der Waals surface area (Å²) >= 11 is 0. The van der Waals surface area contributed by atoms with E-state index in [1.807, 2.05) is 55.5 Å². The average molecular weight is 497 g/mol. The summed E-state index contributed by atoms with van der Waals surface area (Å²) in [5.41, 5.74) is 4.28. The summed E-state index contributed by atoms with van der Waals surface area (Å²) in [5, 5.41) is 10.1. The van der Waals surface area contributed by atoms with Gasteiger partial charge in [0.15, 0.2) is 11.6 Å². The largest absolute Gasteiger partial charge is 0.461 e. The van der Waals surface area contributed by atoms with Crippen LogP contribution in [0.25, 0.3) is 50.6 Å². The number of pyridine rings is 1. The number of hydrogen-bond acceptors (Lipinski definition) is 5. The Hall–Kier alpha value is -5.48. The number of furan rings is 1. The van der Waals surface area contributed by atoms with Gasteiger partial charge in [-0.2, -0.15) is 5.26 Å². The Labute approximate surface area is 216 Å². The predicted molar refractivity (Wildman–Crippen MR) is 146 cm³/mol. The van der Waals surface area contributed by atoms with Crippen LogP contribution in [-0.4, -0.2) is 14.5 Å². The van der Waals surface area contributed by atoms with Gasteiger partial charge in [-0.3, -0.25) is 14.2 Å². The molecule has 6 aromatic rings. The van der Waals surface area contributed by atoms with E-state index in [0.717, 1.165) is 16.7 Å². The number of H-pyrrole nitrogens is 1. The fourth-order valence-electron chi connectivity index (χ4n) is 4.52. The van der Waals surface area contributed by atoms with Gasteiger partial charge >= 0.3 is 0 Å². The van der Waals surface area contributed by atoms with E-state index in [9.17, 15) is 14.9 Å². The summed E-state index contributed by atoms with van der Waals surface area (Å²) < 4.78 is 7.11. The highest BCUT2D eigenvalue weighted by molar-refractivity contribution is 5.80. The first-order valence-corrected chi connectivity index (χ1v) is 11.9. The second-order valence-electron chi connectivity index (χ2n) is 8.90. The fraction of sp³-hybridized carbons (Fsp3) is 0.0323. The Morgan fingerprint density at radius 3 is 2.34 bits per heavy atom. The summed E-state index contributed by atoms with van der Waals surface area (Å²) in [5.74, 6) is 0.857. The number of benzene rings is 3. The van der Waals surface area contributed by atoms with Gasteiger partial charge in [0.25, 0.3) is 11.1 Å². The van der Waals surface area contributed by atoms with Crippen molar-refractivity contribution in [3.8, 4) is 45.7 Å². The Kier molecular flexibility index (Phi) is 5.55. The van der Waals surface area contributed by atoms with Crippen LogP contribution in [0, 0.1) is 18.3 Å². The van der Waals surface area contributed by atoms with Crippen molar-refractivity contribution in [1.82, 2.24) is 14.5 Å². The van der Waals surface area contributed by atoms with Gasteiger partial charge in [0.1, 0.15) is 11.6 Å². The molecule has 0 aliphatic heterocycles. The van der Waals surface area contributed by atoms with Crippen LogP contribution >= 0.6 is 0 Å². The standard InChI is InChI=1S/C31H20N4O3/c1-19-8-10-20(11-9-19)24-17-27(34-30(36)25(24)18-32)21-12-14-22(15-13-21)35-29(28-7-4-16-38-28)33-26-6-3-2-5-23(26)31(35)37/h2-17H,1H3,(H,34,36). The number of nitrogens with one attached hydrogen (secondary N) is 1. The van der Waals surface area contributed by atoms with Gasteiger partial charge in [-0.25, -0.2) is 4.98 Å². The highest BCUT2D eigenvalue weighted by Gasteiger charge is 2.17. The highest BCUT2D eigenvalue weighted by atomic mass is 16.3. The molecule has 38 heavy (non-hydrogen) atoms. The molecule has 0 bridgehead atoms. The Morgan fingerprint density at radius 2 is 1.63 bits per heavy atom. The summed E-state index contributed by atoms with van der Waals surface area (Å²) in [6.07, 6.45) is 1.54. The third-order valence-corrected chi connectivity index (χ3v) is 6.46. The maximum atomic E-state index is 13.5. The molecule has 0 spiro atoms. The topological polar surface area (TPSA) is 105 Å². The first-order valence-electron chi connectivity index (χ1n) is 11.9. The van der Waals surface area contributed by atoms with Crippen LogP contribution in [0.1, 0.15) is 11.1 Å². The van der Waals surface area contributed by atoms with Gasteiger partial charge in [-0.15, -0.1) is 0 Å². The number of hydrogen-bond donors (Lipinski definition) is 1. The van der Waals surface area contributed by atoms with E-state index in [4.69, 9.17) is 9.40 Å². The van der Waals surface area contributed by atoms with Crippen LogP contribution in [-0.2, 0) is 0 Å². The van der Waals surface area contributed by atoms with E-state index in [1.165, 1.54) is 10.8 Å². The minimum absolute atomic E-state index is 0.0612. The number of aromatic nitrogens is 3. The van der Waals surface area contributed by atoms with Crippen molar-refractivity contribution >= 4 is 10.9 Å². The number of rotatable bonds is 4. The van der Waals surface area contributed by atoms with Gasteiger partial charge in [0.2, 0.25) is 0 Å². The molecule has 0 unspecified atom stereocenters. The van der Waals surface area contributed by atoms with Crippen LogP contribution in [0.2, 0.25) is 0 Å². The lowest BCUT2D eigenvalue weighted by Gasteiger charge is -2.13. The van der Waals surface area contributed by atoms with Crippen LogP contribution in [0.3, 0.4) is 0 Å². The average Bonchev–Trinajstić information content (AvgIpc) is 3.48. The first kappa shape index (κ1) is 23.0. The molecular weight excluding hydrogens is 476 g/mol. The molecule has 6 rings (SSSR count). The molecule has 3 heterocycles. The Bertz CT molecular complexity index is 1960. The van der Waals surface area contributed by atoms with Crippen molar-refractivity contribution in [2.45, 2.75) is 6.92 Å². The molecule has 0 aliphatic carbocycles. The number of fused-ring (bicyclic) bond motifs is 1. The van der Waals surface area contributed by atoms with Crippen molar-refractivity contribution in [3.63, 3.8) is 0 Å². The summed E-state index contributed by atoms with van der Waals surface area (Å²) in [7, 11) is 0. The number of aromatic amines is 1. The third-order valence-electron chi connectivity index (χ3n) is 6.46. The smallest absolute Gasteiger partial charge is 0.266 e. The van der Waals surface area contributed by atoms with Crippen LogP contribution in [0.15, 0.2) is 111 Å². The molecule has 0 radical (unpaired) electrons. The van der Waals surface area contributed by atoms with Crippen LogP contribution in [0.4, 0.5) is 0 Å². The van der Waals surface area contributed by atoms with E-state index in [0.29, 0.717) is 39.4 Å². The molecule has 182 valence electrons. The lowest BCUT2D eigenvalue weighted by molar-refractivity contribution is 0.574. The first-order chi connectivity index (χ1) is 18.5. The SMILES string of the molecule is Cc1ccc(-c2cc(-c3ccc(-n4c(-c5ccco5)nc5ccccc5c4=O)cc3)[nH]c(=O)c2C#N)cc1. The molecule has 0 fully saturated rings. The molecule has 3 aromatic carbocycles. The zero-order chi connectivity index (χ0) is 26.2. The molecule has 0 saturated heterocycles. The number of aryl methyl sites for hydroxylation is 1. The van der Waals surface area contributed by atoms with Crippen LogP contribution < -0.4 is 11.1 Å². The maximum absolute atomic E-state index is 13.5. The second-order valence-corrected chi connectivity index (χ2v) is 8.90. The van der Waals surface area contributed by atoms with Gasteiger partial charge < -0.3 is 9.40 Å². The van der Waals surface area contributed by atoms with E-state index in [-0.39, 0.29) is 11.1 Å². The minimum Gasteiger partial charge on any atom is -0.461 e. The number of nitriles is 1. The van der Waals surface area contributed by atoms with Crippen molar-refractivity contribution in [1.29, 1.82) is 5.26 Å². The molecule has 0 aliphatic rings. The number of nitrogens with zero attached hydrogens (tertiary/aromatic N) is 3. The Balaban J connectivity index is 1.49. The lowest BCUT2D eigenvalue weighted by atomic mass is 9.98. The molecule has 0 saturated carbocycles. The highest BCUT2D eigenvalue weighted by Crippen LogP contribution is 2.28. The van der Waals surface area contributed by atoms with Crippen molar-refractivity contribution in [3.05, 3.63) is 129 Å². The van der Waals surface area contributed by atoms with Gasteiger partial charge in [0, 0.05) is 11.3 Å². The van der Waals surface area contributed by atoms with E-state index in [2.05, 4.69) is 4.98 Å². The predicted octanol–water partition coefficient (Wildman–Crippen LogP) is 5.85. The Morgan fingerprint density at radius 1 is 0.895 bits per heavy atom. The van der Waals surface area contributed by atoms with Crippen LogP contribution in [0.5, 0.6) is 0 Å². The normalized spacial score (nSPS) is 10.9. The van der Waals surface area contributed by atoms with Gasteiger partial charge in [-0.1, -0.05) is 54.1 Å². The van der Waals surface area contributed by atoms with Gasteiger partial charge in [0.05, 0.1) is 22.9 Å². The zero-order valence-electron chi connectivity index (χ0n) is 20.3. The molecule has 7 heteroatoms. The quantitative estimate of drug-likeness (QED) is 0.330. The minimum atomic E-state index is -0.459. The monoisotopic (exact) mass is 496 g/mol. The van der Waals surface area contributed by atoms with Crippen molar-refractivity contribution < 1.29 is 4.42 Å². The molecule has 3 aromatic heterocycles. The summed E-state index contributed by atoms with van der Waals surface area (Å²) in [6.45, 7) is 1.98. The zero-order valence-corrected chi connectivity index (χ0v) is 20.3. The van der Waals surface area contributed by atoms with E-state index >= 15 is 0 Å². The molecule has 1 N–H and O–H groups in total. The van der Waals surface area contributed by atoms with Crippen molar-refractivity contribution in [2.75, 3.05) is 0 Å². The summed E-state index contributed by atoms with van der Waals surface area (Å²) in [4.78, 5) is 33.9. The molecule has 0 amide bonds. The lowest BCUT2D eigenvalue weighted by Crippen LogP contribution is -2.21. The number of para-hydroxylation sites is 1. The summed E-state index contributed by atoms with van der Waals surface area (Å²) in [6, 6.07) is 29.4. The molecule has 0 atom stereocenters. The third kappa shape index (κ3) is 3.91. The van der Waals surface area contributed by atoms with Gasteiger partial charge in [-0.05, 0) is 60.5 Å². The molecule has 7 nitrogen and oxygen atoms in total. The maximum Gasteiger partial charge on any atom is 0.266 e.